The van der Waals surface area contributed by atoms with E-state index in [9.17, 15) is 4.79 Å². The highest BCUT2D eigenvalue weighted by atomic mass is 32.1. The van der Waals surface area contributed by atoms with E-state index in [1.165, 1.54) is 0 Å². The molecule has 2 aromatic rings. The van der Waals surface area contributed by atoms with Gasteiger partial charge in [0.2, 0.25) is 0 Å². The van der Waals surface area contributed by atoms with Gasteiger partial charge < -0.3 is 10.3 Å². The topological polar surface area (TPSA) is 57.8 Å². The largest absolute Gasteiger partial charge is 0.309 e. The van der Waals surface area contributed by atoms with Gasteiger partial charge in [-0.2, -0.15) is 0 Å². The zero-order chi connectivity index (χ0) is 12.4. The summed E-state index contributed by atoms with van der Waals surface area (Å²) in [4.78, 5) is 21.2. The summed E-state index contributed by atoms with van der Waals surface area (Å²) in [5.74, 6) is 0.672. The number of aromatic amines is 1. The summed E-state index contributed by atoms with van der Waals surface area (Å²) in [5, 5.41) is 3.84. The molecule has 0 bridgehead atoms. The summed E-state index contributed by atoms with van der Waals surface area (Å²) >= 11 is 1.57. The van der Waals surface area contributed by atoms with Gasteiger partial charge in [-0.1, -0.05) is 6.08 Å². The maximum Gasteiger partial charge on any atom is 0.259 e. The van der Waals surface area contributed by atoms with E-state index < -0.39 is 0 Å². The monoisotopic (exact) mass is 249 g/mol. The first-order valence-electron chi connectivity index (χ1n) is 5.44. The third-order valence-electron chi connectivity index (χ3n) is 2.67. The van der Waals surface area contributed by atoms with Gasteiger partial charge in [-0.25, -0.2) is 4.98 Å². The molecule has 2 heterocycles. The fourth-order valence-electron chi connectivity index (χ4n) is 1.68. The van der Waals surface area contributed by atoms with Crippen LogP contribution in [-0.2, 0) is 6.54 Å². The molecule has 0 unspecified atom stereocenters. The van der Waals surface area contributed by atoms with Crippen molar-refractivity contribution >= 4 is 21.6 Å². The number of thiophene rings is 1. The van der Waals surface area contributed by atoms with Crippen LogP contribution >= 0.6 is 11.3 Å². The summed E-state index contributed by atoms with van der Waals surface area (Å²) in [5.41, 5.74) is 0.983. The molecule has 5 heteroatoms. The van der Waals surface area contributed by atoms with Crippen LogP contribution in [0, 0.1) is 13.8 Å². The molecule has 0 aliphatic rings. The Hall–Kier alpha value is -1.46. The second-order valence-electron chi connectivity index (χ2n) is 3.90. The van der Waals surface area contributed by atoms with Crippen LogP contribution in [0.2, 0.25) is 0 Å². The zero-order valence-corrected chi connectivity index (χ0v) is 10.8. The summed E-state index contributed by atoms with van der Waals surface area (Å²) in [6.45, 7) is 8.84. The Kier molecular flexibility index (Phi) is 3.40. The van der Waals surface area contributed by atoms with Crippen molar-refractivity contribution in [1.29, 1.82) is 0 Å². The number of aryl methyl sites for hydroxylation is 2. The summed E-state index contributed by atoms with van der Waals surface area (Å²) in [6, 6.07) is 0. The van der Waals surface area contributed by atoms with E-state index >= 15 is 0 Å². The highest BCUT2D eigenvalue weighted by Gasteiger charge is 2.11. The van der Waals surface area contributed by atoms with Crippen molar-refractivity contribution in [3.05, 3.63) is 39.3 Å². The lowest BCUT2D eigenvalue weighted by molar-refractivity contribution is 0.718. The molecule has 0 amide bonds. The second-order valence-corrected chi connectivity index (χ2v) is 5.10. The second kappa shape index (κ2) is 4.81. The van der Waals surface area contributed by atoms with Crippen LogP contribution in [0.15, 0.2) is 17.4 Å². The Labute approximate surface area is 103 Å². The molecule has 90 valence electrons. The average molecular weight is 249 g/mol. The van der Waals surface area contributed by atoms with Crippen molar-refractivity contribution in [2.75, 3.05) is 6.54 Å². The Morgan fingerprint density at radius 3 is 3.00 bits per heavy atom. The van der Waals surface area contributed by atoms with E-state index in [1.54, 1.807) is 17.4 Å². The number of hydrogen-bond acceptors (Lipinski definition) is 4. The molecule has 0 fully saturated rings. The predicted molar refractivity (Wildman–Crippen MR) is 71.6 cm³/mol. The normalized spacial score (nSPS) is 10.9. The smallest absolute Gasteiger partial charge is 0.259 e. The van der Waals surface area contributed by atoms with Crippen LogP contribution in [0.1, 0.15) is 16.3 Å². The third-order valence-corrected chi connectivity index (χ3v) is 3.77. The highest BCUT2D eigenvalue weighted by Crippen LogP contribution is 2.25. The quantitative estimate of drug-likeness (QED) is 0.642. The molecule has 2 rings (SSSR count). The van der Waals surface area contributed by atoms with Crippen molar-refractivity contribution < 1.29 is 0 Å². The highest BCUT2D eigenvalue weighted by molar-refractivity contribution is 7.18. The standard InChI is InChI=1S/C12H15N3OS/c1-4-5-13-6-9-14-11(16)10-7(2)8(3)17-12(10)15-9/h4,13H,1,5-6H2,2-3H3,(H,14,15,16). The van der Waals surface area contributed by atoms with Gasteiger partial charge in [0.1, 0.15) is 10.7 Å². The van der Waals surface area contributed by atoms with E-state index in [2.05, 4.69) is 21.9 Å². The Morgan fingerprint density at radius 2 is 2.29 bits per heavy atom. The van der Waals surface area contributed by atoms with Crippen LogP contribution in [0.4, 0.5) is 0 Å². The SMILES string of the molecule is C=CCNCc1nc2sc(C)c(C)c2c(=O)[nH]1. The number of rotatable bonds is 4. The Bertz CT molecular complexity index is 612. The average Bonchev–Trinajstić information content (AvgIpc) is 2.55. The van der Waals surface area contributed by atoms with Crippen molar-refractivity contribution in [2.45, 2.75) is 20.4 Å². The molecule has 2 N–H and O–H groups in total. The molecule has 0 aromatic carbocycles. The number of H-pyrrole nitrogens is 1. The minimum absolute atomic E-state index is 0.0488. The van der Waals surface area contributed by atoms with Gasteiger partial charge in [-0.15, -0.1) is 17.9 Å². The molecular weight excluding hydrogens is 234 g/mol. The van der Waals surface area contributed by atoms with E-state index in [1.807, 2.05) is 13.8 Å². The van der Waals surface area contributed by atoms with Gasteiger partial charge in [0.05, 0.1) is 11.9 Å². The number of nitrogens with zero attached hydrogens (tertiary/aromatic N) is 1. The van der Waals surface area contributed by atoms with E-state index in [0.29, 0.717) is 18.9 Å². The van der Waals surface area contributed by atoms with Crippen LogP contribution in [0.3, 0.4) is 0 Å². The number of hydrogen-bond donors (Lipinski definition) is 2. The minimum Gasteiger partial charge on any atom is -0.309 e. The van der Waals surface area contributed by atoms with Crippen molar-refractivity contribution in [2.24, 2.45) is 0 Å². The molecule has 0 atom stereocenters. The predicted octanol–water partition coefficient (Wildman–Crippen LogP) is 1.88. The maximum atomic E-state index is 11.9. The summed E-state index contributed by atoms with van der Waals surface area (Å²) in [6.07, 6.45) is 1.77. The summed E-state index contributed by atoms with van der Waals surface area (Å²) < 4.78 is 0. The van der Waals surface area contributed by atoms with Gasteiger partial charge >= 0.3 is 0 Å². The van der Waals surface area contributed by atoms with Crippen LogP contribution in [0.25, 0.3) is 10.2 Å². The molecule has 0 aliphatic carbocycles. The molecule has 0 saturated heterocycles. The lowest BCUT2D eigenvalue weighted by atomic mass is 10.2. The van der Waals surface area contributed by atoms with E-state index in [0.717, 1.165) is 20.7 Å². The summed E-state index contributed by atoms with van der Waals surface area (Å²) in [7, 11) is 0. The first kappa shape index (κ1) is 12.0. The van der Waals surface area contributed by atoms with Crippen molar-refractivity contribution in [1.82, 2.24) is 15.3 Å². The lowest BCUT2D eigenvalue weighted by Crippen LogP contribution is -2.19. The van der Waals surface area contributed by atoms with Crippen LogP contribution < -0.4 is 10.9 Å². The molecule has 0 saturated carbocycles. The van der Waals surface area contributed by atoms with E-state index in [-0.39, 0.29) is 5.56 Å². The van der Waals surface area contributed by atoms with Gasteiger partial charge in [0, 0.05) is 11.4 Å². The third kappa shape index (κ3) is 2.30. The number of fused-ring (bicyclic) bond motifs is 1. The molecule has 4 nitrogen and oxygen atoms in total. The Morgan fingerprint density at radius 1 is 1.53 bits per heavy atom. The molecule has 0 radical (unpaired) electrons. The zero-order valence-electron chi connectivity index (χ0n) is 9.96. The fourth-order valence-corrected chi connectivity index (χ4v) is 2.72. The molecule has 0 spiro atoms. The van der Waals surface area contributed by atoms with Gasteiger partial charge in [-0.3, -0.25) is 4.79 Å². The van der Waals surface area contributed by atoms with Crippen LogP contribution in [0.5, 0.6) is 0 Å². The molecule has 2 aromatic heterocycles. The van der Waals surface area contributed by atoms with E-state index in [4.69, 9.17) is 0 Å². The first-order chi connectivity index (χ1) is 8.13. The van der Waals surface area contributed by atoms with Crippen molar-refractivity contribution in [3.63, 3.8) is 0 Å². The van der Waals surface area contributed by atoms with Gasteiger partial charge in [-0.05, 0) is 19.4 Å². The van der Waals surface area contributed by atoms with Crippen LogP contribution in [-0.4, -0.2) is 16.5 Å². The molecular formula is C12H15N3OS. The van der Waals surface area contributed by atoms with Gasteiger partial charge in [0.15, 0.2) is 0 Å². The molecule has 17 heavy (non-hydrogen) atoms. The minimum atomic E-state index is -0.0488. The lowest BCUT2D eigenvalue weighted by Gasteiger charge is -2.01. The van der Waals surface area contributed by atoms with Crippen molar-refractivity contribution in [3.8, 4) is 0 Å². The maximum absolute atomic E-state index is 11.9. The molecule has 0 aliphatic heterocycles. The fraction of sp³-hybridized carbons (Fsp3) is 0.333. The van der Waals surface area contributed by atoms with Gasteiger partial charge in [0.25, 0.3) is 5.56 Å². The Balaban J connectivity index is 2.42. The first-order valence-corrected chi connectivity index (χ1v) is 6.25. The number of aromatic nitrogens is 2. The number of nitrogens with one attached hydrogen (secondary N) is 2.